The first kappa shape index (κ1) is 14.6. The van der Waals surface area contributed by atoms with E-state index in [4.69, 9.17) is 0 Å². The molecule has 0 spiro atoms. The topological polar surface area (TPSA) is 56.8 Å². The molecule has 3 atom stereocenters. The van der Waals surface area contributed by atoms with Crippen LogP contribution >= 0.6 is 12.4 Å². The number of nitrogens with one attached hydrogen (secondary N) is 2. The maximum Gasteiger partial charge on any atom is 0.142 e. The Bertz CT molecular complexity index is 613. The summed E-state index contributed by atoms with van der Waals surface area (Å²) in [5, 5.41) is 4.67. The maximum atomic E-state index is 4.52. The van der Waals surface area contributed by atoms with E-state index in [0.29, 0.717) is 6.04 Å². The smallest absolute Gasteiger partial charge is 0.142 e. The van der Waals surface area contributed by atoms with Gasteiger partial charge in [0.1, 0.15) is 17.8 Å². The Kier molecular flexibility index (Phi) is 4.04. The fourth-order valence-electron chi connectivity index (χ4n) is 3.94. The molecule has 2 N–H and O–H groups in total. The second kappa shape index (κ2) is 5.81. The molecule has 2 aromatic heterocycles. The molecular weight excluding hydrogens is 286 g/mol. The molecule has 1 saturated heterocycles. The Balaban J connectivity index is 0.00000132. The lowest BCUT2D eigenvalue weighted by molar-refractivity contribution is 0.266. The zero-order chi connectivity index (χ0) is 13.5. The molecule has 0 amide bonds. The standard InChI is InChI=1S/C15H21N5.ClH/c1-20(12-3-2-10-7-16-8-11(10)6-12)15-13-4-5-17-14(13)18-9-19-15;/h4-5,9-12,16H,2-3,6-8H2,1H3,(H,17,18,19);1H/t10-,11+,12?;/m0./s1. The van der Waals surface area contributed by atoms with Crippen molar-refractivity contribution in [3.05, 3.63) is 18.6 Å². The Morgan fingerprint density at radius 2 is 2.05 bits per heavy atom. The van der Waals surface area contributed by atoms with E-state index in [0.717, 1.165) is 28.7 Å². The number of anilines is 1. The van der Waals surface area contributed by atoms with Crippen LogP contribution in [0.1, 0.15) is 19.3 Å². The third kappa shape index (κ3) is 2.49. The first-order valence-corrected chi connectivity index (χ1v) is 7.54. The number of halogens is 1. The van der Waals surface area contributed by atoms with Crippen molar-refractivity contribution in [2.75, 3.05) is 25.0 Å². The van der Waals surface area contributed by atoms with Gasteiger partial charge in [-0.25, -0.2) is 9.97 Å². The van der Waals surface area contributed by atoms with E-state index in [1.165, 1.54) is 32.4 Å². The van der Waals surface area contributed by atoms with Crippen LogP contribution in [0, 0.1) is 11.8 Å². The molecule has 4 rings (SSSR count). The van der Waals surface area contributed by atoms with E-state index in [1.807, 2.05) is 6.20 Å². The van der Waals surface area contributed by atoms with Crippen LogP contribution in [0.5, 0.6) is 0 Å². The lowest BCUT2D eigenvalue weighted by atomic mass is 9.78. The summed E-state index contributed by atoms with van der Waals surface area (Å²) in [5.41, 5.74) is 0.929. The number of rotatable bonds is 2. The lowest BCUT2D eigenvalue weighted by Gasteiger charge is -2.37. The minimum absolute atomic E-state index is 0. The number of aromatic amines is 1. The van der Waals surface area contributed by atoms with E-state index in [2.05, 4.69) is 38.3 Å². The fraction of sp³-hybridized carbons (Fsp3) is 0.600. The largest absolute Gasteiger partial charge is 0.356 e. The summed E-state index contributed by atoms with van der Waals surface area (Å²) >= 11 is 0. The Morgan fingerprint density at radius 1 is 1.19 bits per heavy atom. The minimum Gasteiger partial charge on any atom is -0.356 e. The molecule has 6 heteroatoms. The number of aromatic nitrogens is 3. The van der Waals surface area contributed by atoms with E-state index in [1.54, 1.807) is 6.33 Å². The zero-order valence-corrected chi connectivity index (χ0v) is 13.1. The monoisotopic (exact) mass is 307 g/mol. The van der Waals surface area contributed by atoms with Gasteiger partial charge in [-0.05, 0) is 50.3 Å². The van der Waals surface area contributed by atoms with Crippen molar-refractivity contribution >= 4 is 29.3 Å². The Morgan fingerprint density at radius 3 is 2.95 bits per heavy atom. The zero-order valence-electron chi connectivity index (χ0n) is 12.2. The van der Waals surface area contributed by atoms with Crippen molar-refractivity contribution < 1.29 is 0 Å². The van der Waals surface area contributed by atoms with Crippen molar-refractivity contribution in [2.24, 2.45) is 11.8 Å². The molecule has 114 valence electrons. The molecule has 2 aliphatic rings. The third-order valence-corrected chi connectivity index (χ3v) is 5.14. The molecular formula is C15H22ClN5. The number of hydrogen-bond acceptors (Lipinski definition) is 4. The minimum atomic E-state index is 0. The SMILES string of the molecule is CN(c1ncnc2[nH]ccc12)C1CC[C@H]2CNC[C@H]2C1.Cl. The highest BCUT2D eigenvalue weighted by Crippen LogP contribution is 2.36. The summed E-state index contributed by atoms with van der Waals surface area (Å²) in [6.45, 7) is 2.41. The van der Waals surface area contributed by atoms with Gasteiger partial charge in [-0.15, -0.1) is 12.4 Å². The van der Waals surface area contributed by atoms with E-state index in [-0.39, 0.29) is 12.4 Å². The molecule has 5 nitrogen and oxygen atoms in total. The molecule has 0 aromatic carbocycles. The predicted octanol–water partition coefficient (Wildman–Crippen LogP) is 2.20. The second-order valence-electron chi connectivity index (χ2n) is 6.19. The summed E-state index contributed by atoms with van der Waals surface area (Å²) in [4.78, 5) is 14.3. The van der Waals surface area contributed by atoms with Crippen molar-refractivity contribution in [3.8, 4) is 0 Å². The van der Waals surface area contributed by atoms with Crippen molar-refractivity contribution in [1.82, 2.24) is 20.3 Å². The summed E-state index contributed by atoms with van der Waals surface area (Å²) in [5.74, 6) is 2.81. The van der Waals surface area contributed by atoms with Gasteiger partial charge in [0.05, 0.1) is 5.39 Å². The molecule has 2 fully saturated rings. The molecule has 2 aromatic rings. The van der Waals surface area contributed by atoms with Gasteiger partial charge in [-0.3, -0.25) is 0 Å². The Labute approximate surface area is 130 Å². The fourth-order valence-corrected chi connectivity index (χ4v) is 3.94. The van der Waals surface area contributed by atoms with Crippen molar-refractivity contribution in [2.45, 2.75) is 25.3 Å². The summed E-state index contributed by atoms with van der Waals surface area (Å²) in [7, 11) is 2.18. The van der Waals surface area contributed by atoms with Crippen LogP contribution in [0.2, 0.25) is 0 Å². The van der Waals surface area contributed by atoms with Crippen LogP contribution in [-0.4, -0.2) is 41.1 Å². The van der Waals surface area contributed by atoms with Crippen LogP contribution < -0.4 is 10.2 Å². The van der Waals surface area contributed by atoms with Gasteiger partial charge in [0, 0.05) is 19.3 Å². The third-order valence-electron chi connectivity index (χ3n) is 5.14. The van der Waals surface area contributed by atoms with Gasteiger partial charge in [0.15, 0.2) is 0 Å². The van der Waals surface area contributed by atoms with Crippen LogP contribution in [-0.2, 0) is 0 Å². The molecule has 21 heavy (non-hydrogen) atoms. The lowest BCUT2D eigenvalue weighted by Crippen LogP contribution is -2.39. The van der Waals surface area contributed by atoms with E-state index < -0.39 is 0 Å². The highest BCUT2D eigenvalue weighted by Gasteiger charge is 2.35. The quantitative estimate of drug-likeness (QED) is 0.893. The highest BCUT2D eigenvalue weighted by atomic mass is 35.5. The molecule has 1 aliphatic heterocycles. The van der Waals surface area contributed by atoms with Gasteiger partial charge >= 0.3 is 0 Å². The van der Waals surface area contributed by atoms with Crippen LogP contribution in [0.25, 0.3) is 11.0 Å². The summed E-state index contributed by atoms with van der Waals surface area (Å²) in [6.07, 6.45) is 7.50. The van der Waals surface area contributed by atoms with Gasteiger partial charge in [0.25, 0.3) is 0 Å². The number of H-pyrrole nitrogens is 1. The van der Waals surface area contributed by atoms with Crippen LogP contribution in [0.15, 0.2) is 18.6 Å². The molecule has 1 unspecified atom stereocenters. The highest BCUT2D eigenvalue weighted by molar-refractivity contribution is 5.87. The average molecular weight is 308 g/mol. The summed E-state index contributed by atoms with van der Waals surface area (Å²) < 4.78 is 0. The van der Waals surface area contributed by atoms with Crippen molar-refractivity contribution in [3.63, 3.8) is 0 Å². The Hall–Kier alpha value is -1.33. The number of hydrogen-bond donors (Lipinski definition) is 2. The molecule has 1 saturated carbocycles. The number of nitrogens with zero attached hydrogens (tertiary/aromatic N) is 3. The first-order chi connectivity index (χ1) is 9.83. The van der Waals surface area contributed by atoms with Crippen molar-refractivity contribution in [1.29, 1.82) is 0 Å². The first-order valence-electron chi connectivity index (χ1n) is 7.54. The average Bonchev–Trinajstić information content (AvgIpc) is 3.13. The summed E-state index contributed by atoms with van der Waals surface area (Å²) in [6, 6.07) is 2.67. The van der Waals surface area contributed by atoms with E-state index in [9.17, 15) is 0 Å². The second-order valence-corrected chi connectivity index (χ2v) is 6.19. The number of fused-ring (bicyclic) bond motifs is 2. The molecule has 0 radical (unpaired) electrons. The molecule has 0 bridgehead atoms. The predicted molar refractivity (Wildman–Crippen MR) is 87.0 cm³/mol. The van der Waals surface area contributed by atoms with Gasteiger partial charge < -0.3 is 15.2 Å². The maximum absolute atomic E-state index is 4.52. The van der Waals surface area contributed by atoms with Gasteiger partial charge in [0.2, 0.25) is 0 Å². The van der Waals surface area contributed by atoms with Crippen LogP contribution in [0.4, 0.5) is 5.82 Å². The normalized spacial score (nSPS) is 28.1. The van der Waals surface area contributed by atoms with Crippen LogP contribution in [0.3, 0.4) is 0 Å². The van der Waals surface area contributed by atoms with E-state index >= 15 is 0 Å². The molecule has 3 heterocycles. The van der Waals surface area contributed by atoms with Gasteiger partial charge in [-0.2, -0.15) is 0 Å². The molecule has 1 aliphatic carbocycles. The van der Waals surface area contributed by atoms with Gasteiger partial charge in [-0.1, -0.05) is 0 Å².